The number of para-hydroxylation sites is 1. The third-order valence-electron chi connectivity index (χ3n) is 3.20. The summed E-state index contributed by atoms with van der Waals surface area (Å²) in [6.45, 7) is 2.03. The van der Waals surface area contributed by atoms with Crippen molar-refractivity contribution < 1.29 is 9.53 Å². The molecule has 0 aromatic heterocycles. The minimum absolute atomic E-state index is 0.0199. The van der Waals surface area contributed by atoms with Crippen LogP contribution in [0.3, 0.4) is 0 Å². The van der Waals surface area contributed by atoms with E-state index in [2.05, 4.69) is 10.2 Å². The summed E-state index contributed by atoms with van der Waals surface area (Å²) in [5.41, 5.74) is 1.72. The van der Waals surface area contributed by atoms with Crippen molar-refractivity contribution in [2.75, 3.05) is 30.0 Å². The Bertz CT molecular complexity index is 464. The summed E-state index contributed by atoms with van der Waals surface area (Å²) >= 11 is 6.25. The number of hydrogen-bond acceptors (Lipinski definition) is 3. The lowest BCUT2D eigenvalue weighted by Crippen LogP contribution is -2.46. The Labute approximate surface area is 104 Å². The Kier molecular flexibility index (Phi) is 2.68. The Morgan fingerprint density at radius 1 is 1.47 bits per heavy atom. The van der Waals surface area contributed by atoms with Crippen LogP contribution in [-0.4, -0.2) is 31.7 Å². The molecule has 1 aromatic rings. The van der Waals surface area contributed by atoms with E-state index in [1.807, 2.05) is 18.2 Å². The Balaban J connectivity index is 2.10. The minimum Gasteiger partial charge on any atom is -0.377 e. The van der Waals surface area contributed by atoms with Gasteiger partial charge in [0.2, 0.25) is 5.91 Å². The zero-order valence-corrected chi connectivity index (χ0v) is 10.0. The molecule has 2 aliphatic heterocycles. The van der Waals surface area contributed by atoms with Gasteiger partial charge in [-0.3, -0.25) is 4.79 Å². The van der Waals surface area contributed by atoms with Crippen LogP contribution in [0, 0.1) is 0 Å². The molecule has 90 valence electrons. The lowest BCUT2D eigenvalue weighted by atomic mass is 10.1. The molecule has 1 fully saturated rings. The van der Waals surface area contributed by atoms with E-state index < -0.39 is 0 Å². The van der Waals surface area contributed by atoms with Crippen LogP contribution in [0.15, 0.2) is 18.2 Å². The van der Waals surface area contributed by atoms with E-state index in [4.69, 9.17) is 16.3 Å². The van der Waals surface area contributed by atoms with E-state index in [9.17, 15) is 4.79 Å². The van der Waals surface area contributed by atoms with Gasteiger partial charge in [0, 0.05) is 13.0 Å². The number of nitrogens with zero attached hydrogens (tertiary/aromatic N) is 1. The Hall–Kier alpha value is -1.26. The first-order valence-electron chi connectivity index (χ1n) is 5.68. The number of hydrogen-bond donors (Lipinski definition) is 1. The number of fused-ring (bicyclic) bond motifs is 3. The molecule has 1 aromatic carbocycles. The molecule has 4 nitrogen and oxygen atoms in total. The average molecular weight is 253 g/mol. The number of carbonyl (C=O) groups is 1. The van der Waals surface area contributed by atoms with Crippen molar-refractivity contribution >= 4 is 28.9 Å². The summed E-state index contributed by atoms with van der Waals surface area (Å²) in [5, 5.41) is 3.58. The first-order chi connectivity index (χ1) is 8.25. The molecule has 2 heterocycles. The van der Waals surface area contributed by atoms with Gasteiger partial charge >= 0.3 is 0 Å². The number of carbonyl (C=O) groups excluding carboxylic acids is 1. The molecule has 0 spiro atoms. The molecule has 1 N–H and O–H groups in total. The molecule has 1 unspecified atom stereocenters. The average Bonchev–Trinajstić information content (AvgIpc) is 2.44. The standard InChI is InChI=1S/C12H13ClN2O2/c13-9-2-1-3-10-12(9)15-4-5-17-7-8(15)6-11(16)14-10/h1-3,8H,4-7H2,(H,14,16). The first kappa shape index (κ1) is 10.9. The maximum atomic E-state index is 11.8. The third-order valence-corrected chi connectivity index (χ3v) is 3.50. The van der Waals surface area contributed by atoms with Crippen molar-refractivity contribution in [2.24, 2.45) is 0 Å². The van der Waals surface area contributed by atoms with Gasteiger partial charge in [0.1, 0.15) is 0 Å². The molecule has 0 saturated carbocycles. The van der Waals surface area contributed by atoms with Gasteiger partial charge in [-0.05, 0) is 12.1 Å². The SMILES string of the molecule is O=C1CC2COCCN2c2c(Cl)cccc2N1. The first-order valence-corrected chi connectivity index (χ1v) is 6.06. The molecule has 1 atom stereocenters. The summed E-state index contributed by atoms with van der Waals surface area (Å²) in [4.78, 5) is 14.0. The van der Waals surface area contributed by atoms with E-state index in [-0.39, 0.29) is 11.9 Å². The van der Waals surface area contributed by atoms with Gasteiger partial charge in [-0.1, -0.05) is 17.7 Å². The number of nitrogens with one attached hydrogen (secondary N) is 1. The fraction of sp³-hybridized carbons (Fsp3) is 0.417. The highest BCUT2D eigenvalue weighted by atomic mass is 35.5. The molecule has 0 bridgehead atoms. The van der Waals surface area contributed by atoms with Crippen molar-refractivity contribution in [3.8, 4) is 0 Å². The molecule has 3 rings (SSSR count). The van der Waals surface area contributed by atoms with E-state index in [0.29, 0.717) is 24.7 Å². The van der Waals surface area contributed by atoms with Gasteiger partial charge in [-0.2, -0.15) is 0 Å². The molecule has 5 heteroatoms. The maximum absolute atomic E-state index is 11.8. The topological polar surface area (TPSA) is 41.6 Å². The van der Waals surface area contributed by atoms with Crippen molar-refractivity contribution in [2.45, 2.75) is 12.5 Å². The lowest BCUT2D eigenvalue weighted by molar-refractivity contribution is -0.116. The van der Waals surface area contributed by atoms with Crippen molar-refractivity contribution in [1.29, 1.82) is 0 Å². The number of ether oxygens (including phenoxy) is 1. The quantitative estimate of drug-likeness (QED) is 0.767. The predicted octanol–water partition coefficient (Wildman–Crippen LogP) is 1.89. The van der Waals surface area contributed by atoms with E-state index in [0.717, 1.165) is 17.9 Å². The second-order valence-electron chi connectivity index (χ2n) is 4.31. The van der Waals surface area contributed by atoms with Gasteiger partial charge in [0.05, 0.1) is 35.7 Å². The minimum atomic E-state index is 0.0199. The van der Waals surface area contributed by atoms with Crippen molar-refractivity contribution in [3.63, 3.8) is 0 Å². The zero-order chi connectivity index (χ0) is 11.8. The molecule has 1 amide bonds. The van der Waals surface area contributed by atoms with E-state index >= 15 is 0 Å². The van der Waals surface area contributed by atoms with Crippen LogP contribution < -0.4 is 10.2 Å². The van der Waals surface area contributed by atoms with Crippen LogP contribution in [0.25, 0.3) is 0 Å². The van der Waals surface area contributed by atoms with Gasteiger partial charge < -0.3 is 15.0 Å². The van der Waals surface area contributed by atoms with Crippen LogP contribution in [0.1, 0.15) is 6.42 Å². The molecular weight excluding hydrogens is 240 g/mol. The van der Waals surface area contributed by atoms with Crippen LogP contribution in [0.2, 0.25) is 5.02 Å². The monoisotopic (exact) mass is 252 g/mol. The molecule has 2 aliphatic rings. The van der Waals surface area contributed by atoms with Crippen LogP contribution >= 0.6 is 11.6 Å². The Morgan fingerprint density at radius 3 is 3.24 bits per heavy atom. The molecule has 1 saturated heterocycles. The fourth-order valence-corrected chi connectivity index (χ4v) is 2.72. The number of halogens is 1. The highest BCUT2D eigenvalue weighted by molar-refractivity contribution is 6.34. The summed E-state index contributed by atoms with van der Waals surface area (Å²) in [5.74, 6) is 0.0199. The lowest BCUT2D eigenvalue weighted by Gasteiger charge is -2.36. The summed E-state index contributed by atoms with van der Waals surface area (Å²) < 4.78 is 5.43. The molecule has 0 aliphatic carbocycles. The molecule has 0 radical (unpaired) electrons. The van der Waals surface area contributed by atoms with Gasteiger partial charge in [0.25, 0.3) is 0 Å². The van der Waals surface area contributed by atoms with Crippen LogP contribution in [0.5, 0.6) is 0 Å². The smallest absolute Gasteiger partial charge is 0.226 e. The van der Waals surface area contributed by atoms with Crippen LogP contribution in [-0.2, 0) is 9.53 Å². The Morgan fingerprint density at radius 2 is 2.35 bits per heavy atom. The van der Waals surface area contributed by atoms with Gasteiger partial charge in [0.15, 0.2) is 0 Å². The number of amides is 1. The summed E-state index contributed by atoms with van der Waals surface area (Å²) in [6.07, 6.45) is 0.449. The number of morpholine rings is 1. The normalized spacial score (nSPS) is 23.5. The van der Waals surface area contributed by atoms with Crippen molar-refractivity contribution in [1.82, 2.24) is 0 Å². The second kappa shape index (κ2) is 4.20. The summed E-state index contributed by atoms with van der Waals surface area (Å²) in [7, 11) is 0. The highest BCUT2D eigenvalue weighted by Gasteiger charge is 2.31. The highest BCUT2D eigenvalue weighted by Crippen LogP contribution is 2.38. The third kappa shape index (κ3) is 1.87. The molecular formula is C12H13ClN2O2. The van der Waals surface area contributed by atoms with E-state index in [1.165, 1.54) is 0 Å². The number of anilines is 2. The fourth-order valence-electron chi connectivity index (χ4n) is 2.44. The summed E-state index contributed by atoms with van der Waals surface area (Å²) in [6, 6.07) is 5.67. The molecule has 17 heavy (non-hydrogen) atoms. The van der Waals surface area contributed by atoms with Crippen molar-refractivity contribution in [3.05, 3.63) is 23.2 Å². The number of rotatable bonds is 0. The van der Waals surface area contributed by atoms with Gasteiger partial charge in [-0.25, -0.2) is 0 Å². The van der Waals surface area contributed by atoms with Crippen LogP contribution in [0.4, 0.5) is 11.4 Å². The number of benzene rings is 1. The maximum Gasteiger partial charge on any atom is 0.226 e. The van der Waals surface area contributed by atoms with Gasteiger partial charge in [-0.15, -0.1) is 0 Å². The van der Waals surface area contributed by atoms with E-state index in [1.54, 1.807) is 0 Å². The predicted molar refractivity (Wildman–Crippen MR) is 66.7 cm³/mol. The largest absolute Gasteiger partial charge is 0.377 e. The zero-order valence-electron chi connectivity index (χ0n) is 9.28. The second-order valence-corrected chi connectivity index (χ2v) is 4.72.